The van der Waals surface area contributed by atoms with Crippen LogP contribution in [0.15, 0.2) is 29.2 Å². The fourth-order valence-electron chi connectivity index (χ4n) is 1.28. The molecule has 16 heavy (non-hydrogen) atoms. The third-order valence-corrected chi connectivity index (χ3v) is 2.26. The molecule has 0 unspecified atom stereocenters. The number of nitrogens with one attached hydrogen (secondary N) is 2. The van der Waals surface area contributed by atoms with E-state index in [0.29, 0.717) is 10.8 Å². The zero-order chi connectivity index (χ0) is 11.5. The van der Waals surface area contributed by atoms with Gasteiger partial charge in [-0.05, 0) is 30.7 Å². The summed E-state index contributed by atoms with van der Waals surface area (Å²) in [5.41, 5.74) is 1.32. The zero-order valence-electron chi connectivity index (χ0n) is 8.49. The summed E-state index contributed by atoms with van der Waals surface area (Å²) in [4.78, 5) is 14.6. The number of hydrogen-bond donors (Lipinski definition) is 2. The van der Waals surface area contributed by atoms with Crippen molar-refractivity contribution in [2.24, 2.45) is 0 Å². The minimum Gasteiger partial charge on any atom is -0.338 e. The minimum absolute atomic E-state index is 0.397. The molecule has 0 saturated heterocycles. The van der Waals surface area contributed by atoms with E-state index in [4.69, 9.17) is 11.6 Å². The highest BCUT2D eigenvalue weighted by molar-refractivity contribution is 6.30. The molecule has 82 valence electrons. The molecule has 1 heterocycles. The van der Waals surface area contributed by atoms with Gasteiger partial charge in [0, 0.05) is 10.7 Å². The maximum absolute atomic E-state index is 10.9. The second kappa shape index (κ2) is 4.32. The summed E-state index contributed by atoms with van der Waals surface area (Å²) in [5.74, 6) is 0.397. The van der Waals surface area contributed by atoms with Gasteiger partial charge in [-0.25, -0.2) is 9.89 Å². The number of aromatic nitrogens is 3. The molecular formula is C10H9ClN4O. The summed E-state index contributed by atoms with van der Waals surface area (Å²) in [6.45, 7) is 1.91. The lowest BCUT2D eigenvalue weighted by atomic mass is 10.2. The van der Waals surface area contributed by atoms with Crippen LogP contribution in [0.1, 0.15) is 5.56 Å². The molecule has 0 amide bonds. The van der Waals surface area contributed by atoms with Gasteiger partial charge in [-0.3, -0.25) is 0 Å². The molecule has 0 aliphatic rings. The van der Waals surface area contributed by atoms with Crippen LogP contribution in [0.25, 0.3) is 0 Å². The van der Waals surface area contributed by atoms with E-state index in [0.717, 1.165) is 11.3 Å². The monoisotopic (exact) mass is 236 g/mol. The largest absolute Gasteiger partial charge is 0.363 e. The number of nitrogens with zero attached hydrogens (tertiary/aromatic N) is 2. The lowest BCUT2D eigenvalue weighted by molar-refractivity contribution is 0.918. The lowest BCUT2D eigenvalue weighted by Gasteiger charge is -2.07. The summed E-state index contributed by atoms with van der Waals surface area (Å²) in [7, 11) is 0. The summed E-state index contributed by atoms with van der Waals surface area (Å²) in [5, 5.41) is 9.50. The first-order valence-corrected chi connectivity index (χ1v) is 4.98. The van der Waals surface area contributed by atoms with Crippen molar-refractivity contribution in [2.75, 3.05) is 5.32 Å². The van der Waals surface area contributed by atoms with E-state index in [9.17, 15) is 4.79 Å². The molecule has 2 aromatic rings. The Hall–Kier alpha value is -1.88. The Morgan fingerprint density at radius 2 is 2.25 bits per heavy atom. The number of anilines is 2. The van der Waals surface area contributed by atoms with Gasteiger partial charge in [0.1, 0.15) is 0 Å². The van der Waals surface area contributed by atoms with Gasteiger partial charge in [0.05, 0.1) is 6.20 Å². The molecule has 0 aliphatic carbocycles. The third kappa shape index (κ3) is 2.38. The van der Waals surface area contributed by atoms with Gasteiger partial charge in [0.15, 0.2) is 5.82 Å². The van der Waals surface area contributed by atoms with E-state index in [1.807, 2.05) is 19.1 Å². The first-order chi connectivity index (χ1) is 7.65. The summed E-state index contributed by atoms with van der Waals surface area (Å²) >= 11 is 5.83. The van der Waals surface area contributed by atoms with Crippen molar-refractivity contribution in [1.82, 2.24) is 15.2 Å². The van der Waals surface area contributed by atoms with E-state index in [-0.39, 0.29) is 0 Å². The summed E-state index contributed by atoms with van der Waals surface area (Å²) in [6, 6.07) is 5.41. The highest BCUT2D eigenvalue weighted by atomic mass is 35.5. The molecule has 0 radical (unpaired) electrons. The number of halogens is 1. The number of H-pyrrole nitrogens is 1. The SMILES string of the molecule is Cc1cc(Cl)ccc1Nc1cn[nH]c(=O)n1. The highest BCUT2D eigenvalue weighted by Crippen LogP contribution is 2.21. The van der Waals surface area contributed by atoms with Crippen molar-refractivity contribution in [3.8, 4) is 0 Å². The molecule has 0 saturated carbocycles. The highest BCUT2D eigenvalue weighted by Gasteiger charge is 2.01. The van der Waals surface area contributed by atoms with E-state index >= 15 is 0 Å². The van der Waals surface area contributed by atoms with Gasteiger partial charge in [-0.2, -0.15) is 10.1 Å². The average molecular weight is 237 g/mol. The van der Waals surface area contributed by atoms with Crippen molar-refractivity contribution in [3.05, 3.63) is 45.5 Å². The molecule has 0 fully saturated rings. The smallest absolute Gasteiger partial charge is 0.338 e. The number of rotatable bonds is 2. The van der Waals surface area contributed by atoms with Crippen molar-refractivity contribution in [2.45, 2.75) is 6.92 Å². The first kappa shape index (κ1) is 10.6. The first-order valence-electron chi connectivity index (χ1n) is 4.60. The standard InChI is InChI=1S/C10H9ClN4O/c1-6-4-7(11)2-3-8(6)13-9-5-12-15-10(16)14-9/h2-5H,1H3,(H2,13,14,15,16). The average Bonchev–Trinajstić information content (AvgIpc) is 2.22. The predicted molar refractivity (Wildman–Crippen MR) is 62.1 cm³/mol. The second-order valence-electron chi connectivity index (χ2n) is 3.26. The Bertz CT molecular complexity index is 567. The molecule has 0 bridgehead atoms. The second-order valence-corrected chi connectivity index (χ2v) is 3.69. The lowest BCUT2D eigenvalue weighted by Crippen LogP contribution is -2.13. The van der Waals surface area contributed by atoms with E-state index < -0.39 is 5.69 Å². The fraction of sp³-hybridized carbons (Fsp3) is 0.100. The van der Waals surface area contributed by atoms with Crippen LogP contribution in [0.5, 0.6) is 0 Å². The zero-order valence-corrected chi connectivity index (χ0v) is 9.25. The number of aryl methyl sites for hydroxylation is 1. The van der Waals surface area contributed by atoms with Gasteiger partial charge in [0.25, 0.3) is 0 Å². The molecule has 0 atom stereocenters. The Balaban J connectivity index is 2.30. The van der Waals surface area contributed by atoms with E-state index in [2.05, 4.69) is 20.5 Å². The number of aromatic amines is 1. The molecular weight excluding hydrogens is 228 g/mol. The van der Waals surface area contributed by atoms with Crippen molar-refractivity contribution < 1.29 is 0 Å². The molecule has 0 spiro atoms. The molecule has 6 heteroatoms. The van der Waals surface area contributed by atoms with Gasteiger partial charge in [0.2, 0.25) is 0 Å². The predicted octanol–water partition coefficient (Wildman–Crippen LogP) is 1.87. The Labute approximate surface area is 96.5 Å². The molecule has 2 rings (SSSR count). The van der Waals surface area contributed by atoms with E-state index in [1.165, 1.54) is 6.20 Å². The van der Waals surface area contributed by atoms with Crippen LogP contribution in [0.4, 0.5) is 11.5 Å². The van der Waals surface area contributed by atoms with E-state index in [1.54, 1.807) is 6.07 Å². The Morgan fingerprint density at radius 3 is 2.94 bits per heavy atom. The maximum Gasteiger partial charge on any atom is 0.363 e. The van der Waals surface area contributed by atoms with Crippen LogP contribution in [-0.4, -0.2) is 15.2 Å². The Kier molecular flexibility index (Phi) is 2.87. The maximum atomic E-state index is 10.9. The fourth-order valence-corrected chi connectivity index (χ4v) is 1.50. The van der Waals surface area contributed by atoms with Gasteiger partial charge >= 0.3 is 5.69 Å². The molecule has 0 aliphatic heterocycles. The molecule has 1 aromatic heterocycles. The van der Waals surface area contributed by atoms with Crippen LogP contribution in [0.2, 0.25) is 5.02 Å². The molecule has 2 N–H and O–H groups in total. The summed E-state index contributed by atoms with van der Waals surface area (Å²) in [6.07, 6.45) is 1.44. The number of hydrogen-bond acceptors (Lipinski definition) is 4. The topological polar surface area (TPSA) is 70.7 Å². The van der Waals surface area contributed by atoms with Crippen LogP contribution < -0.4 is 11.0 Å². The number of benzene rings is 1. The van der Waals surface area contributed by atoms with Crippen molar-refractivity contribution in [3.63, 3.8) is 0 Å². The van der Waals surface area contributed by atoms with Crippen LogP contribution in [0.3, 0.4) is 0 Å². The Morgan fingerprint density at radius 1 is 1.44 bits per heavy atom. The van der Waals surface area contributed by atoms with Crippen molar-refractivity contribution in [1.29, 1.82) is 0 Å². The molecule has 1 aromatic carbocycles. The van der Waals surface area contributed by atoms with Crippen LogP contribution in [0, 0.1) is 6.92 Å². The van der Waals surface area contributed by atoms with Gasteiger partial charge in [-0.1, -0.05) is 11.6 Å². The van der Waals surface area contributed by atoms with Gasteiger partial charge < -0.3 is 5.32 Å². The normalized spacial score (nSPS) is 10.1. The third-order valence-electron chi connectivity index (χ3n) is 2.02. The van der Waals surface area contributed by atoms with Crippen molar-refractivity contribution >= 4 is 23.1 Å². The minimum atomic E-state index is -0.489. The van der Waals surface area contributed by atoms with Gasteiger partial charge in [-0.15, -0.1) is 0 Å². The quantitative estimate of drug-likeness (QED) is 0.835. The van der Waals surface area contributed by atoms with Crippen LogP contribution >= 0.6 is 11.6 Å². The summed E-state index contributed by atoms with van der Waals surface area (Å²) < 4.78 is 0. The molecule has 5 nitrogen and oxygen atoms in total. The van der Waals surface area contributed by atoms with Crippen LogP contribution in [-0.2, 0) is 0 Å².